The number of fused-ring (bicyclic) bond motifs is 2. The highest BCUT2D eigenvalue weighted by Crippen LogP contribution is 2.29. The minimum absolute atomic E-state index is 0.111. The van der Waals surface area contributed by atoms with Crippen LogP contribution in [0.2, 0.25) is 5.02 Å². The summed E-state index contributed by atoms with van der Waals surface area (Å²) in [6.45, 7) is 0.548. The van der Waals surface area contributed by atoms with Gasteiger partial charge in [0.25, 0.3) is 12.3 Å². The molecule has 1 saturated carbocycles. The lowest BCUT2D eigenvalue weighted by Crippen LogP contribution is -2.39. The average molecular weight is 562 g/mol. The molecule has 0 radical (unpaired) electrons. The molecule has 204 valence electrons. The lowest BCUT2D eigenvalue weighted by molar-refractivity contribution is 0.0904. The average Bonchev–Trinajstić information content (AvgIpc) is 3.24. The summed E-state index contributed by atoms with van der Waals surface area (Å²) in [5, 5.41) is 4.01. The number of hydrogen-bond donors (Lipinski definition) is 1. The van der Waals surface area contributed by atoms with Gasteiger partial charge in [0.05, 0.1) is 32.8 Å². The normalized spacial score (nSPS) is 17.5. The molecule has 0 saturated heterocycles. The van der Waals surface area contributed by atoms with Gasteiger partial charge in [0.15, 0.2) is 0 Å². The highest BCUT2D eigenvalue weighted by molar-refractivity contribution is 6.30. The number of nitrogens with one attached hydrogen (secondary N) is 1. The van der Waals surface area contributed by atoms with E-state index in [2.05, 4.69) is 15.3 Å². The maximum absolute atomic E-state index is 13.8. The van der Waals surface area contributed by atoms with E-state index in [1.807, 2.05) is 59.2 Å². The van der Waals surface area contributed by atoms with Gasteiger partial charge in [0.2, 0.25) is 0 Å². The van der Waals surface area contributed by atoms with Crippen LogP contribution in [0.1, 0.15) is 48.2 Å². The summed E-state index contributed by atoms with van der Waals surface area (Å²) in [7, 11) is 0. The van der Waals surface area contributed by atoms with Gasteiger partial charge in [0.1, 0.15) is 5.69 Å². The van der Waals surface area contributed by atoms with Crippen LogP contribution in [0.15, 0.2) is 77.9 Å². The van der Waals surface area contributed by atoms with Crippen LogP contribution in [0.4, 0.5) is 8.78 Å². The second kappa shape index (κ2) is 10.8. The number of para-hydroxylation sites is 2. The van der Waals surface area contributed by atoms with Crippen molar-refractivity contribution >= 4 is 39.4 Å². The lowest BCUT2D eigenvalue weighted by atomic mass is 9.85. The smallest absolute Gasteiger partial charge is 0.333 e. The predicted molar refractivity (Wildman–Crippen MR) is 150 cm³/mol. The second-order valence-corrected chi connectivity index (χ2v) is 10.6. The standard InChI is InChI=1S/C30H26ClF2N5O2/c31-20-14-23(27(28(32)33)35-16-20)29(39)36-21-10-7-18(8-11-21)17-37-25-5-1-2-6-26(25)38(30(37)40)22-12-9-19-4-3-13-34-24(19)15-22/h1-6,9,12-16,18,21,28H,7-8,10-11,17H2,(H,36,39). The molecule has 1 fully saturated rings. The largest absolute Gasteiger partial charge is 0.349 e. The third-order valence-corrected chi connectivity index (χ3v) is 7.85. The molecule has 6 rings (SSSR count). The molecule has 3 heterocycles. The van der Waals surface area contributed by atoms with E-state index in [0.29, 0.717) is 19.4 Å². The fraction of sp³-hybridized carbons (Fsp3) is 0.267. The molecule has 7 nitrogen and oxygen atoms in total. The Labute approximate surface area is 233 Å². The summed E-state index contributed by atoms with van der Waals surface area (Å²) in [6, 6.07) is 18.5. The predicted octanol–water partition coefficient (Wildman–Crippen LogP) is 6.32. The van der Waals surface area contributed by atoms with E-state index in [4.69, 9.17) is 11.6 Å². The minimum Gasteiger partial charge on any atom is -0.349 e. The van der Waals surface area contributed by atoms with Gasteiger partial charge in [-0.05, 0) is 68.0 Å². The first-order valence-corrected chi connectivity index (χ1v) is 13.6. The number of imidazole rings is 1. The quantitative estimate of drug-likeness (QED) is 0.263. The zero-order valence-corrected chi connectivity index (χ0v) is 22.2. The molecule has 1 N–H and O–H groups in total. The van der Waals surface area contributed by atoms with Crippen molar-refractivity contribution in [1.82, 2.24) is 24.4 Å². The first kappa shape index (κ1) is 26.1. The molecule has 40 heavy (non-hydrogen) atoms. The summed E-state index contributed by atoms with van der Waals surface area (Å²) in [5.74, 6) is -0.370. The maximum atomic E-state index is 13.8. The van der Waals surface area contributed by atoms with Crippen molar-refractivity contribution in [2.75, 3.05) is 0 Å². The van der Waals surface area contributed by atoms with Gasteiger partial charge in [-0.15, -0.1) is 0 Å². The minimum atomic E-state index is -2.87. The molecule has 1 aliphatic rings. The van der Waals surface area contributed by atoms with Crippen LogP contribution < -0.4 is 11.0 Å². The van der Waals surface area contributed by atoms with Gasteiger partial charge in [-0.1, -0.05) is 35.9 Å². The third-order valence-electron chi connectivity index (χ3n) is 7.64. The Morgan fingerprint density at radius 3 is 2.55 bits per heavy atom. The molecule has 10 heteroatoms. The number of carbonyl (C=O) groups is 1. The zero-order valence-electron chi connectivity index (χ0n) is 21.4. The van der Waals surface area contributed by atoms with Crippen LogP contribution in [-0.4, -0.2) is 31.1 Å². The number of carbonyl (C=O) groups excluding carboxylic acids is 1. The highest BCUT2D eigenvalue weighted by Gasteiger charge is 2.27. The van der Waals surface area contributed by atoms with Crippen LogP contribution in [0, 0.1) is 5.92 Å². The molecule has 2 aromatic carbocycles. The molecule has 1 aliphatic carbocycles. The monoisotopic (exact) mass is 561 g/mol. The second-order valence-electron chi connectivity index (χ2n) is 10.2. The van der Waals surface area contributed by atoms with Crippen LogP contribution in [-0.2, 0) is 6.54 Å². The molecule has 0 atom stereocenters. The van der Waals surface area contributed by atoms with E-state index in [-0.39, 0.29) is 28.2 Å². The van der Waals surface area contributed by atoms with Crippen LogP contribution >= 0.6 is 11.6 Å². The van der Waals surface area contributed by atoms with Gasteiger partial charge in [0, 0.05) is 30.4 Å². The van der Waals surface area contributed by atoms with Crippen molar-refractivity contribution in [1.29, 1.82) is 0 Å². The molecule has 0 unspecified atom stereocenters. The van der Waals surface area contributed by atoms with Gasteiger partial charge < -0.3 is 5.32 Å². The number of hydrogen-bond acceptors (Lipinski definition) is 4. The lowest BCUT2D eigenvalue weighted by Gasteiger charge is -2.29. The molecule has 1 amide bonds. The summed E-state index contributed by atoms with van der Waals surface area (Å²) in [4.78, 5) is 34.6. The number of halogens is 3. The van der Waals surface area contributed by atoms with E-state index in [9.17, 15) is 18.4 Å². The van der Waals surface area contributed by atoms with Crippen molar-refractivity contribution in [2.45, 2.75) is 44.7 Å². The highest BCUT2D eigenvalue weighted by atomic mass is 35.5. The van der Waals surface area contributed by atoms with E-state index in [1.165, 1.54) is 6.07 Å². The number of aromatic nitrogens is 4. The van der Waals surface area contributed by atoms with E-state index in [1.54, 1.807) is 10.8 Å². The zero-order chi connectivity index (χ0) is 27.8. The molecular formula is C30H26ClF2N5O2. The van der Waals surface area contributed by atoms with Gasteiger partial charge in [-0.3, -0.25) is 23.9 Å². The van der Waals surface area contributed by atoms with Crippen molar-refractivity contribution in [3.05, 3.63) is 99.8 Å². The van der Waals surface area contributed by atoms with Gasteiger partial charge in [-0.25, -0.2) is 13.6 Å². The van der Waals surface area contributed by atoms with E-state index in [0.717, 1.165) is 46.7 Å². The van der Waals surface area contributed by atoms with Crippen LogP contribution in [0.5, 0.6) is 0 Å². The first-order valence-electron chi connectivity index (χ1n) is 13.2. The number of alkyl halides is 2. The number of rotatable bonds is 6. The molecular weight excluding hydrogens is 536 g/mol. The Kier molecular flexibility index (Phi) is 7.06. The number of amides is 1. The van der Waals surface area contributed by atoms with Crippen molar-refractivity contribution < 1.29 is 13.6 Å². The maximum Gasteiger partial charge on any atom is 0.333 e. The Morgan fingerprint density at radius 2 is 1.77 bits per heavy atom. The first-order chi connectivity index (χ1) is 19.4. The SMILES string of the molecule is O=C(NC1CCC(Cn2c(=O)n(-c3ccc4cccnc4c3)c3ccccc32)CC1)c1cc(Cl)cnc1C(F)F. The summed E-state index contributed by atoms with van der Waals surface area (Å²) < 4.78 is 30.3. The molecule has 3 aromatic heterocycles. The summed E-state index contributed by atoms with van der Waals surface area (Å²) in [5.41, 5.74) is 2.38. The Hall–Kier alpha value is -4.11. The van der Waals surface area contributed by atoms with E-state index >= 15 is 0 Å². The summed E-state index contributed by atoms with van der Waals surface area (Å²) >= 11 is 5.91. The number of benzene rings is 2. The fourth-order valence-electron chi connectivity index (χ4n) is 5.64. The number of nitrogens with zero attached hydrogens (tertiary/aromatic N) is 4. The topological polar surface area (TPSA) is 81.8 Å². The van der Waals surface area contributed by atoms with Crippen LogP contribution in [0.3, 0.4) is 0 Å². The van der Waals surface area contributed by atoms with Crippen molar-refractivity contribution in [3.8, 4) is 5.69 Å². The van der Waals surface area contributed by atoms with Crippen molar-refractivity contribution in [2.24, 2.45) is 5.92 Å². The molecule has 0 bridgehead atoms. The molecule has 5 aromatic rings. The van der Waals surface area contributed by atoms with Crippen molar-refractivity contribution in [3.63, 3.8) is 0 Å². The van der Waals surface area contributed by atoms with Gasteiger partial charge >= 0.3 is 5.69 Å². The summed E-state index contributed by atoms with van der Waals surface area (Å²) in [6.07, 6.45) is 2.90. The fourth-order valence-corrected chi connectivity index (χ4v) is 5.80. The molecule has 0 aliphatic heterocycles. The van der Waals surface area contributed by atoms with Gasteiger partial charge in [-0.2, -0.15) is 0 Å². The Balaban J connectivity index is 1.19. The Morgan fingerprint density at radius 1 is 1.00 bits per heavy atom. The Bertz CT molecular complexity index is 1780. The van der Waals surface area contributed by atoms with Crippen LogP contribution in [0.25, 0.3) is 27.6 Å². The van der Waals surface area contributed by atoms with E-state index < -0.39 is 18.0 Å². The molecule has 0 spiro atoms. The third kappa shape index (κ3) is 4.97. The number of pyridine rings is 2.